The van der Waals surface area contributed by atoms with E-state index in [9.17, 15) is 14.4 Å². The van der Waals surface area contributed by atoms with Crippen molar-refractivity contribution in [1.82, 2.24) is 23.7 Å². The number of thiazole rings is 1. The second-order valence-corrected chi connectivity index (χ2v) is 8.13. The average Bonchev–Trinajstić information content (AvgIpc) is 3.23. The second kappa shape index (κ2) is 6.91. The first-order chi connectivity index (χ1) is 13.4. The van der Waals surface area contributed by atoms with Crippen LogP contribution in [-0.4, -0.2) is 35.3 Å². The third-order valence-corrected chi connectivity index (χ3v) is 6.29. The third kappa shape index (κ3) is 3.02. The zero-order valence-corrected chi connectivity index (χ0v) is 16.9. The molecule has 0 aliphatic rings. The standard InChI is InChI=1S/C17H16N6O3S2/c1-21-12-13(22(2)17(26)23(3)14(12)25)20-16(21)27-8-11(24)19-15-18-9-6-4-5-7-10(9)28-15/h4-7H,8H2,1-3H3,(H,18,19,24). The van der Waals surface area contributed by atoms with Crippen LogP contribution in [0.15, 0.2) is 39.0 Å². The summed E-state index contributed by atoms with van der Waals surface area (Å²) in [6.07, 6.45) is 0. The Morgan fingerprint density at radius 3 is 2.61 bits per heavy atom. The summed E-state index contributed by atoms with van der Waals surface area (Å²) in [7, 11) is 4.68. The van der Waals surface area contributed by atoms with Gasteiger partial charge in [0.1, 0.15) is 0 Å². The summed E-state index contributed by atoms with van der Waals surface area (Å²) >= 11 is 2.60. The van der Waals surface area contributed by atoms with Gasteiger partial charge in [0.2, 0.25) is 5.91 Å². The van der Waals surface area contributed by atoms with E-state index in [-0.39, 0.29) is 11.7 Å². The number of hydrogen-bond acceptors (Lipinski definition) is 7. The summed E-state index contributed by atoms with van der Waals surface area (Å²) in [4.78, 5) is 45.5. The van der Waals surface area contributed by atoms with Crippen molar-refractivity contribution in [1.29, 1.82) is 0 Å². The van der Waals surface area contributed by atoms with Gasteiger partial charge in [-0.1, -0.05) is 35.2 Å². The molecule has 1 N–H and O–H groups in total. The van der Waals surface area contributed by atoms with Crippen LogP contribution in [0.4, 0.5) is 5.13 Å². The molecule has 144 valence electrons. The van der Waals surface area contributed by atoms with Crippen LogP contribution in [0.3, 0.4) is 0 Å². The fourth-order valence-corrected chi connectivity index (χ4v) is 4.49. The molecule has 0 radical (unpaired) electrons. The molecule has 3 aromatic heterocycles. The molecule has 0 saturated carbocycles. The molecule has 9 nitrogen and oxygen atoms in total. The maximum Gasteiger partial charge on any atom is 0.332 e. The number of carbonyl (C=O) groups is 1. The SMILES string of the molecule is Cn1c(=O)c2c(nc(SCC(=O)Nc3nc4ccccc4s3)n2C)n(C)c1=O. The van der Waals surface area contributed by atoms with Gasteiger partial charge in [-0.25, -0.2) is 14.8 Å². The minimum Gasteiger partial charge on any atom is -0.316 e. The van der Waals surface area contributed by atoms with E-state index in [2.05, 4.69) is 15.3 Å². The van der Waals surface area contributed by atoms with Crippen molar-refractivity contribution in [2.45, 2.75) is 5.16 Å². The van der Waals surface area contributed by atoms with Crippen molar-refractivity contribution < 1.29 is 4.79 Å². The highest BCUT2D eigenvalue weighted by Crippen LogP contribution is 2.26. The molecule has 0 aliphatic carbocycles. The summed E-state index contributed by atoms with van der Waals surface area (Å²) in [5.74, 6) is -0.126. The Balaban J connectivity index is 1.55. The van der Waals surface area contributed by atoms with E-state index < -0.39 is 11.2 Å². The molecule has 0 unspecified atom stereocenters. The van der Waals surface area contributed by atoms with Gasteiger partial charge in [-0.3, -0.25) is 18.7 Å². The highest BCUT2D eigenvalue weighted by atomic mass is 32.2. The topological polar surface area (TPSA) is 104 Å². The van der Waals surface area contributed by atoms with Crippen LogP contribution in [0.1, 0.15) is 0 Å². The third-order valence-electron chi connectivity index (χ3n) is 4.31. The number of fused-ring (bicyclic) bond motifs is 2. The fourth-order valence-electron chi connectivity index (χ4n) is 2.84. The lowest BCUT2D eigenvalue weighted by Crippen LogP contribution is -2.37. The van der Waals surface area contributed by atoms with Crippen molar-refractivity contribution in [3.8, 4) is 0 Å². The molecule has 0 aliphatic heterocycles. The van der Waals surface area contributed by atoms with Crippen LogP contribution in [0.25, 0.3) is 21.4 Å². The van der Waals surface area contributed by atoms with Crippen LogP contribution in [0.5, 0.6) is 0 Å². The van der Waals surface area contributed by atoms with Gasteiger partial charge in [-0.15, -0.1) is 0 Å². The minimum atomic E-state index is -0.444. The first-order valence-corrected chi connectivity index (χ1v) is 10.1. The molecule has 1 aromatic carbocycles. The number of anilines is 1. The highest BCUT2D eigenvalue weighted by molar-refractivity contribution is 7.99. The minimum absolute atomic E-state index is 0.0986. The number of carbonyl (C=O) groups excluding carboxylic acids is 1. The molecular formula is C17H16N6O3S2. The molecule has 28 heavy (non-hydrogen) atoms. The van der Waals surface area contributed by atoms with E-state index in [1.54, 1.807) is 18.7 Å². The van der Waals surface area contributed by atoms with E-state index >= 15 is 0 Å². The van der Waals surface area contributed by atoms with E-state index in [1.807, 2.05) is 24.3 Å². The molecule has 3 heterocycles. The van der Waals surface area contributed by atoms with E-state index in [4.69, 9.17) is 0 Å². The number of rotatable bonds is 4. The largest absolute Gasteiger partial charge is 0.332 e. The van der Waals surface area contributed by atoms with E-state index in [0.717, 1.165) is 14.8 Å². The quantitative estimate of drug-likeness (QED) is 0.503. The Hall–Kier alpha value is -2.92. The normalized spacial score (nSPS) is 11.4. The van der Waals surface area contributed by atoms with Gasteiger partial charge in [-0.2, -0.15) is 0 Å². The first kappa shape index (κ1) is 18.4. The molecular weight excluding hydrogens is 400 g/mol. The van der Waals surface area contributed by atoms with Crippen molar-refractivity contribution in [3.63, 3.8) is 0 Å². The summed E-state index contributed by atoms with van der Waals surface area (Å²) in [6, 6.07) is 7.65. The number of para-hydroxylation sites is 1. The highest BCUT2D eigenvalue weighted by Gasteiger charge is 2.18. The van der Waals surface area contributed by atoms with Gasteiger partial charge < -0.3 is 9.88 Å². The Kier molecular flexibility index (Phi) is 4.55. The average molecular weight is 416 g/mol. The van der Waals surface area contributed by atoms with Crippen molar-refractivity contribution in [2.24, 2.45) is 21.1 Å². The number of amides is 1. The molecule has 4 aromatic rings. The van der Waals surface area contributed by atoms with Gasteiger partial charge in [0.15, 0.2) is 21.5 Å². The molecule has 1 amide bonds. The molecule has 0 bridgehead atoms. The summed E-state index contributed by atoms with van der Waals surface area (Å²) in [5.41, 5.74) is 0.588. The number of aromatic nitrogens is 5. The Bertz CT molecular complexity index is 1310. The van der Waals surface area contributed by atoms with Crippen LogP contribution in [0, 0.1) is 0 Å². The zero-order valence-electron chi connectivity index (χ0n) is 15.3. The smallest absolute Gasteiger partial charge is 0.316 e. The molecule has 0 spiro atoms. The van der Waals surface area contributed by atoms with Crippen molar-refractivity contribution in [2.75, 3.05) is 11.1 Å². The molecule has 0 atom stereocenters. The van der Waals surface area contributed by atoms with Gasteiger partial charge in [0.25, 0.3) is 5.56 Å². The number of nitrogens with one attached hydrogen (secondary N) is 1. The Morgan fingerprint density at radius 2 is 1.86 bits per heavy atom. The molecule has 0 saturated heterocycles. The molecule has 4 rings (SSSR count). The summed E-state index contributed by atoms with van der Waals surface area (Å²) in [6.45, 7) is 0. The van der Waals surface area contributed by atoms with Gasteiger partial charge in [0.05, 0.1) is 16.0 Å². The van der Waals surface area contributed by atoms with Gasteiger partial charge in [-0.05, 0) is 12.1 Å². The van der Waals surface area contributed by atoms with E-state index in [1.165, 1.54) is 34.7 Å². The number of imidazole rings is 1. The van der Waals surface area contributed by atoms with Crippen LogP contribution < -0.4 is 16.6 Å². The Labute approximate surface area is 166 Å². The van der Waals surface area contributed by atoms with Crippen LogP contribution >= 0.6 is 23.1 Å². The predicted molar refractivity (Wildman–Crippen MR) is 110 cm³/mol. The van der Waals surface area contributed by atoms with Crippen LogP contribution in [-0.2, 0) is 25.9 Å². The monoisotopic (exact) mass is 416 g/mol. The lowest BCUT2D eigenvalue weighted by atomic mass is 10.3. The maximum atomic E-state index is 12.4. The fraction of sp³-hybridized carbons (Fsp3) is 0.235. The first-order valence-electron chi connectivity index (χ1n) is 8.27. The van der Waals surface area contributed by atoms with Crippen LogP contribution in [0.2, 0.25) is 0 Å². The lowest BCUT2D eigenvalue weighted by molar-refractivity contribution is -0.113. The van der Waals surface area contributed by atoms with Crippen molar-refractivity contribution >= 4 is 55.5 Å². The summed E-state index contributed by atoms with van der Waals surface area (Å²) in [5, 5.41) is 3.80. The van der Waals surface area contributed by atoms with Crippen molar-refractivity contribution in [3.05, 3.63) is 45.1 Å². The predicted octanol–water partition coefficient (Wildman–Crippen LogP) is 1.31. The number of aryl methyl sites for hydroxylation is 2. The number of nitrogens with zero attached hydrogens (tertiary/aromatic N) is 5. The number of thioether (sulfide) groups is 1. The van der Waals surface area contributed by atoms with Gasteiger partial charge >= 0.3 is 5.69 Å². The molecule has 0 fully saturated rings. The van der Waals surface area contributed by atoms with E-state index in [0.29, 0.717) is 21.5 Å². The molecule has 11 heteroatoms. The summed E-state index contributed by atoms with van der Waals surface area (Å²) < 4.78 is 4.96. The lowest BCUT2D eigenvalue weighted by Gasteiger charge is -2.03. The second-order valence-electron chi connectivity index (χ2n) is 6.15. The number of benzene rings is 1. The van der Waals surface area contributed by atoms with Gasteiger partial charge in [0, 0.05) is 21.1 Å². The zero-order chi connectivity index (χ0) is 20.0. The number of hydrogen-bond donors (Lipinski definition) is 1. The maximum absolute atomic E-state index is 12.4. The Morgan fingerprint density at radius 1 is 1.11 bits per heavy atom.